The van der Waals surface area contributed by atoms with Gasteiger partial charge in [-0.05, 0) is 39.0 Å². The number of hydrogen-bond acceptors (Lipinski definition) is 4. The highest BCUT2D eigenvalue weighted by Crippen LogP contribution is 2.42. The average molecular weight is 359 g/mol. The summed E-state index contributed by atoms with van der Waals surface area (Å²) in [4.78, 5) is 34.2. The molecule has 0 unspecified atom stereocenters. The van der Waals surface area contributed by atoms with E-state index in [1.807, 2.05) is 11.8 Å². The molecule has 0 aromatic carbocycles. The molecular formula is C19H29N5O2. The molecule has 1 spiro atoms. The first-order chi connectivity index (χ1) is 12.6. The van der Waals surface area contributed by atoms with E-state index in [-0.39, 0.29) is 11.3 Å². The zero-order valence-electron chi connectivity index (χ0n) is 15.7. The minimum absolute atomic E-state index is 0.120. The van der Waals surface area contributed by atoms with Crippen molar-refractivity contribution in [1.29, 1.82) is 0 Å². The molecule has 1 aromatic rings. The molecule has 7 nitrogen and oxygen atoms in total. The van der Waals surface area contributed by atoms with Crippen molar-refractivity contribution in [3.63, 3.8) is 0 Å². The molecule has 4 rings (SSSR count). The Kier molecular flexibility index (Phi) is 4.71. The summed E-state index contributed by atoms with van der Waals surface area (Å²) in [5.74, 6) is 1.89. The molecule has 26 heavy (non-hydrogen) atoms. The number of aromatic amines is 1. The van der Waals surface area contributed by atoms with E-state index in [9.17, 15) is 9.59 Å². The van der Waals surface area contributed by atoms with Crippen molar-refractivity contribution < 1.29 is 9.59 Å². The van der Waals surface area contributed by atoms with Crippen LogP contribution < -0.4 is 0 Å². The fourth-order valence-electron chi connectivity index (χ4n) is 5.01. The Morgan fingerprint density at radius 2 is 2.04 bits per heavy atom. The van der Waals surface area contributed by atoms with Crippen molar-refractivity contribution in [1.82, 2.24) is 25.0 Å². The Morgan fingerprint density at radius 3 is 2.77 bits per heavy atom. The molecule has 7 heteroatoms. The van der Waals surface area contributed by atoms with Crippen molar-refractivity contribution in [3.05, 3.63) is 11.6 Å². The number of nitrogens with one attached hydrogen (secondary N) is 1. The van der Waals surface area contributed by atoms with Gasteiger partial charge < -0.3 is 9.80 Å². The van der Waals surface area contributed by atoms with Crippen LogP contribution in [0.3, 0.4) is 0 Å². The highest BCUT2D eigenvalue weighted by molar-refractivity contribution is 5.86. The molecule has 3 heterocycles. The third kappa shape index (κ3) is 3.23. The molecule has 3 fully saturated rings. The zero-order chi connectivity index (χ0) is 18.1. The topological polar surface area (TPSA) is 82.2 Å². The molecule has 142 valence electrons. The summed E-state index contributed by atoms with van der Waals surface area (Å²) in [6.07, 6.45) is 8.57. The number of amides is 2. The highest BCUT2D eigenvalue weighted by Gasteiger charge is 2.50. The number of piperidine rings is 1. The van der Waals surface area contributed by atoms with E-state index in [1.165, 1.54) is 12.8 Å². The maximum Gasteiger partial charge on any atom is 0.230 e. The third-order valence-electron chi connectivity index (χ3n) is 6.45. The molecule has 1 N–H and O–H groups in total. The predicted molar refractivity (Wildman–Crippen MR) is 96.3 cm³/mol. The average Bonchev–Trinajstić information content (AvgIpc) is 3.37. The Bertz CT molecular complexity index is 681. The van der Waals surface area contributed by atoms with Crippen LogP contribution in [-0.2, 0) is 16.0 Å². The van der Waals surface area contributed by atoms with Crippen LogP contribution in [-0.4, -0.2) is 62.5 Å². The predicted octanol–water partition coefficient (Wildman–Crippen LogP) is 1.83. The Hall–Kier alpha value is -1.92. The van der Waals surface area contributed by atoms with Crippen LogP contribution in [0.5, 0.6) is 0 Å². The van der Waals surface area contributed by atoms with E-state index >= 15 is 0 Å². The molecule has 3 aliphatic rings. The van der Waals surface area contributed by atoms with Crippen molar-refractivity contribution in [2.45, 2.75) is 70.8 Å². The van der Waals surface area contributed by atoms with Crippen LogP contribution in [0.15, 0.2) is 0 Å². The molecule has 1 saturated carbocycles. The minimum Gasteiger partial charge on any atom is -0.342 e. The van der Waals surface area contributed by atoms with Gasteiger partial charge in [0.1, 0.15) is 5.82 Å². The second-order valence-electron chi connectivity index (χ2n) is 8.22. The summed E-state index contributed by atoms with van der Waals surface area (Å²) in [5, 5.41) is 6.91. The Morgan fingerprint density at radius 1 is 1.23 bits per heavy atom. The fourth-order valence-corrected chi connectivity index (χ4v) is 5.01. The van der Waals surface area contributed by atoms with Gasteiger partial charge in [0.15, 0.2) is 5.82 Å². The van der Waals surface area contributed by atoms with Gasteiger partial charge in [0.25, 0.3) is 0 Å². The van der Waals surface area contributed by atoms with Gasteiger partial charge in [0.05, 0.1) is 5.41 Å². The zero-order valence-corrected chi connectivity index (χ0v) is 15.7. The van der Waals surface area contributed by atoms with Crippen molar-refractivity contribution in [2.75, 3.05) is 19.6 Å². The summed E-state index contributed by atoms with van der Waals surface area (Å²) < 4.78 is 0. The van der Waals surface area contributed by atoms with Gasteiger partial charge in [-0.1, -0.05) is 12.8 Å². The lowest BCUT2D eigenvalue weighted by molar-refractivity contribution is -0.148. The quantitative estimate of drug-likeness (QED) is 0.889. The number of likely N-dealkylation sites (tertiary alicyclic amines) is 2. The molecular weight excluding hydrogens is 330 g/mol. The van der Waals surface area contributed by atoms with E-state index in [2.05, 4.69) is 20.1 Å². The first-order valence-corrected chi connectivity index (χ1v) is 10.0. The maximum absolute atomic E-state index is 13.3. The first kappa shape index (κ1) is 17.5. The molecule has 2 amide bonds. The number of aryl methyl sites for hydroxylation is 2. The fraction of sp³-hybridized carbons (Fsp3) is 0.789. The van der Waals surface area contributed by atoms with E-state index in [4.69, 9.17) is 0 Å². The van der Waals surface area contributed by atoms with Crippen LogP contribution >= 0.6 is 0 Å². The smallest absolute Gasteiger partial charge is 0.230 e. The van der Waals surface area contributed by atoms with Crippen molar-refractivity contribution in [2.24, 2.45) is 5.41 Å². The van der Waals surface area contributed by atoms with Gasteiger partial charge in [-0.25, -0.2) is 4.98 Å². The summed E-state index contributed by atoms with van der Waals surface area (Å²) in [6.45, 7) is 4.06. The molecule has 0 bridgehead atoms. The first-order valence-electron chi connectivity index (χ1n) is 10.0. The molecule has 1 atom stereocenters. The number of aromatic nitrogens is 3. The maximum atomic E-state index is 13.3. The van der Waals surface area contributed by atoms with E-state index in [0.717, 1.165) is 44.5 Å². The van der Waals surface area contributed by atoms with E-state index < -0.39 is 0 Å². The monoisotopic (exact) mass is 359 g/mol. The SMILES string of the molecule is Cc1nc(CCC(=O)N2CC[C@]3(CCCN(C4CCCC4)C3=O)C2)n[nH]1. The second-order valence-corrected chi connectivity index (χ2v) is 8.22. The van der Waals surface area contributed by atoms with Gasteiger partial charge >= 0.3 is 0 Å². The number of hydrogen-bond donors (Lipinski definition) is 1. The summed E-state index contributed by atoms with van der Waals surface area (Å²) >= 11 is 0. The molecule has 0 radical (unpaired) electrons. The van der Waals surface area contributed by atoms with Gasteiger partial charge in [-0.3, -0.25) is 14.7 Å². The van der Waals surface area contributed by atoms with Crippen LogP contribution in [0.4, 0.5) is 0 Å². The lowest BCUT2D eigenvalue weighted by Crippen LogP contribution is -2.53. The molecule has 2 saturated heterocycles. The summed E-state index contributed by atoms with van der Waals surface area (Å²) in [7, 11) is 0. The number of H-pyrrole nitrogens is 1. The van der Waals surface area contributed by atoms with Gasteiger partial charge in [0, 0.05) is 38.5 Å². The van der Waals surface area contributed by atoms with Crippen molar-refractivity contribution in [3.8, 4) is 0 Å². The van der Waals surface area contributed by atoms with Crippen LogP contribution in [0.1, 0.15) is 63.0 Å². The largest absolute Gasteiger partial charge is 0.342 e. The standard InChI is InChI=1S/C19H29N5O2/c1-14-20-16(22-21-14)7-8-17(25)23-12-10-19(13-23)9-4-11-24(18(19)26)15-5-2-3-6-15/h15H,2-13H2,1H3,(H,20,21,22)/t19-/m1/s1. The number of carbonyl (C=O) groups excluding carboxylic acids is 2. The van der Waals surface area contributed by atoms with Gasteiger partial charge in [0.2, 0.25) is 11.8 Å². The Balaban J connectivity index is 1.37. The van der Waals surface area contributed by atoms with Crippen LogP contribution in [0.25, 0.3) is 0 Å². The minimum atomic E-state index is -0.322. The third-order valence-corrected chi connectivity index (χ3v) is 6.45. The number of rotatable bonds is 4. The molecule has 1 aliphatic carbocycles. The van der Waals surface area contributed by atoms with Crippen LogP contribution in [0.2, 0.25) is 0 Å². The van der Waals surface area contributed by atoms with Crippen molar-refractivity contribution >= 4 is 11.8 Å². The van der Waals surface area contributed by atoms with Crippen LogP contribution in [0, 0.1) is 12.3 Å². The highest BCUT2D eigenvalue weighted by atomic mass is 16.2. The Labute approximate surface area is 154 Å². The molecule has 1 aromatic heterocycles. The normalized spacial score (nSPS) is 27.0. The lowest BCUT2D eigenvalue weighted by Gasteiger charge is -2.42. The molecule has 2 aliphatic heterocycles. The summed E-state index contributed by atoms with van der Waals surface area (Å²) in [6, 6.07) is 0.443. The van der Waals surface area contributed by atoms with Gasteiger partial charge in [-0.15, -0.1) is 0 Å². The number of nitrogens with zero attached hydrogens (tertiary/aromatic N) is 4. The lowest BCUT2D eigenvalue weighted by atomic mass is 9.77. The van der Waals surface area contributed by atoms with Gasteiger partial charge in [-0.2, -0.15) is 5.10 Å². The summed E-state index contributed by atoms with van der Waals surface area (Å²) in [5.41, 5.74) is -0.322. The van der Waals surface area contributed by atoms with E-state index in [1.54, 1.807) is 0 Å². The number of carbonyl (C=O) groups is 2. The van der Waals surface area contributed by atoms with E-state index in [0.29, 0.717) is 43.7 Å². The second kappa shape index (κ2) is 7.00.